The second-order valence-corrected chi connectivity index (χ2v) is 2.72. The van der Waals surface area contributed by atoms with Crippen molar-refractivity contribution in [3.63, 3.8) is 0 Å². The zero-order chi connectivity index (χ0) is 7.56. The summed E-state index contributed by atoms with van der Waals surface area (Å²) >= 11 is 0. The summed E-state index contributed by atoms with van der Waals surface area (Å²) in [5, 5.41) is 4.09. The standard InChI is InChI=1S/C7H13N3/c1-6-3-9-10(4-6)5-7(2)8/h3-4,7H,5,8H2,1-2H3/t7-/m0/s1. The van der Waals surface area contributed by atoms with E-state index in [0.29, 0.717) is 0 Å². The van der Waals surface area contributed by atoms with Crippen molar-refractivity contribution in [2.24, 2.45) is 5.73 Å². The van der Waals surface area contributed by atoms with Crippen LogP contribution in [-0.2, 0) is 6.54 Å². The van der Waals surface area contributed by atoms with Gasteiger partial charge in [-0.1, -0.05) is 0 Å². The Hall–Kier alpha value is -0.830. The summed E-state index contributed by atoms with van der Waals surface area (Å²) in [6, 6.07) is 0.180. The van der Waals surface area contributed by atoms with Crippen molar-refractivity contribution in [3.05, 3.63) is 18.0 Å². The Bertz CT molecular complexity index is 202. The molecular weight excluding hydrogens is 126 g/mol. The van der Waals surface area contributed by atoms with Crippen LogP contribution in [0.5, 0.6) is 0 Å². The molecule has 2 N–H and O–H groups in total. The molecule has 0 unspecified atom stereocenters. The molecule has 0 amide bonds. The van der Waals surface area contributed by atoms with E-state index in [9.17, 15) is 0 Å². The number of nitrogens with two attached hydrogens (primary N) is 1. The molecule has 1 rings (SSSR count). The van der Waals surface area contributed by atoms with E-state index in [1.807, 2.05) is 30.9 Å². The summed E-state index contributed by atoms with van der Waals surface area (Å²) in [4.78, 5) is 0. The molecular formula is C7H13N3. The van der Waals surface area contributed by atoms with Crippen molar-refractivity contribution >= 4 is 0 Å². The normalized spacial score (nSPS) is 13.5. The first-order chi connectivity index (χ1) is 4.68. The van der Waals surface area contributed by atoms with E-state index < -0.39 is 0 Å². The third-order valence-electron chi connectivity index (χ3n) is 1.24. The maximum atomic E-state index is 5.57. The highest BCUT2D eigenvalue weighted by molar-refractivity contribution is 4.99. The molecule has 56 valence electrons. The molecule has 1 heterocycles. The van der Waals surface area contributed by atoms with Crippen molar-refractivity contribution in [1.82, 2.24) is 9.78 Å². The second-order valence-electron chi connectivity index (χ2n) is 2.72. The van der Waals surface area contributed by atoms with Crippen LogP contribution in [0.3, 0.4) is 0 Å². The molecule has 0 bridgehead atoms. The first kappa shape index (κ1) is 7.28. The Morgan fingerprint density at radius 3 is 2.90 bits per heavy atom. The molecule has 1 aromatic rings. The average molecular weight is 139 g/mol. The molecule has 0 saturated carbocycles. The lowest BCUT2D eigenvalue weighted by Crippen LogP contribution is -2.22. The highest BCUT2D eigenvalue weighted by Gasteiger charge is 1.96. The van der Waals surface area contributed by atoms with Gasteiger partial charge < -0.3 is 5.73 Å². The van der Waals surface area contributed by atoms with Crippen LogP contribution in [0, 0.1) is 6.92 Å². The molecule has 0 fully saturated rings. The van der Waals surface area contributed by atoms with Gasteiger partial charge in [0.15, 0.2) is 0 Å². The Balaban J connectivity index is 2.58. The first-order valence-corrected chi connectivity index (χ1v) is 3.43. The molecule has 1 aromatic heterocycles. The minimum atomic E-state index is 0.180. The predicted octanol–water partition coefficient (Wildman–Crippen LogP) is 0.539. The minimum Gasteiger partial charge on any atom is -0.326 e. The minimum absolute atomic E-state index is 0.180. The Morgan fingerprint density at radius 2 is 2.50 bits per heavy atom. The van der Waals surface area contributed by atoms with Crippen molar-refractivity contribution in [2.75, 3.05) is 0 Å². The zero-order valence-corrected chi connectivity index (χ0v) is 6.41. The molecule has 1 atom stereocenters. The Kier molecular flexibility index (Phi) is 2.06. The molecule has 0 aromatic carbocycles. The van der Waals surface area contributed by atoms with E-state index in [0.717, 1.165) is 6.54 Å². The van der Waals surface area contributed by atoms with E-state index in [4.69, 9.17) is 5.73 Å². The van der Waals surface area contributed by atoms with Gasteiger partial charge in [0.2, 0.25) is 0 Å². The van der Waals surface area contributed by atoms with Gasteiger partial charge in [-0.3, -0.25) is 4.68 Å². The van der Waals surface area contributed by atoms with Crippen LogP contribution in [0.2, 0.25) is 0 Å². The smallest absolute Gasteiger partial charge is 0.0557 e. The lowest BCUT2D eigenvalue weighted by Gasteiger charge is -2.03. The fraction of sp³-hybridized carbons (Fsp3) is 0.571. The third-order valence-corrected chi connectivity index (χ3v) is 1.24. The summed E-state index contributed by atoms with van der Waals surface area (Å²) < 4.78 is 1.86. The number of aryl methyl sites for hydroxylation is 1. The number of hydrogen-bond acceptors (Lipinski definition) is 2. The van der Waals surface area contributed by atoms with Crippen molar-refractivity contribution in [1.29, 1.82) is 0 Å². The number of hydrogen-bond donors (Lipinski definition) is 1. The summed E-state index contributed by atoms with van der Waals surface area (Å²) in [5.74, 6) is 0. The van der Waals surface area contributed by atoms with Crippen LogP contribution in [0.1, 0.15) is 12.5 Å². The summed E-state index contributed by atoms with van der Waals surface area (Å²) in [7, 11) is 0. The van der Waals surface area contributed by atoms with Crippen molar-refractivity contribution < 1.29 is 0 Å². The van der Waals surface area contributed by atoms with Crippen LogP contribution in [0.25, 0.3) is 0 Å². The van der Waals surface area contributed by atoms with Gasteiger partial charge in [0.1, 0.15) is 0 Å². The van der Waals surface area contributed by atoms with Gasteiger partial charge in [-0.05, 0) is 19.4 Å². The Morgan fingerprint density at radius 1 is 1.80 bits per heavy atom. The van der Waals surface area contributed by atoms with Gasteiger partial charge >= 0.3 is 0 Å². The van der Waals surface area contributed by atoms with Crippen LogP contribution < -0.4 is 5.73 Å². The van der Waals surface area contributed by atoms with Crippen LogP contribution >= 0.6 is 0 Å². The molecule has 0 aliphatic rings. The predicted molar refractivity (Wildman–Crippen MR) is 40.6 cm³/mol. The van der Waals surface area contributed by atoms with Gasteiger partial charge in [-0.2, -0.15) is 5.10 Å². The quantitative estimate of drug-likeness (QED) is 0.649. The summed E-state index contributed by atoms with van der Waals surface area (Å²) in [5.41, 5.74) is 6.75. The van der Waals surface area contributed by atoms with Gasteiger partial charge in [0, 0.05) is 12.2 Å². The largest absolute Gasteiger partial charge is 0.326 e. The molecule has 10 heavy (non-hydrogen) atoms. The highest BCUT2D eigenvalue weighted by atomic mass is 15.3. The van der Waals surface area contributed by atoms with Crippen LogP contribution in [-0.4, -0.2) is 15.8 Å². The van der Waals surface area contributed by atoms with E-state index in [-0.39, 0.29) is 6.04 Å². The number of rotatable bonds is 2. The molecule has 0 aliphatic carbocycles. The zero-order valence-electron chi connectivity index (χ0n) is 6.41. The van der Waals surface area contributed by atoms with Gasteiger partial charge in [0.25, 0.3) is 0 Å². The van der Waals surface area contributed by atoms with Crippen LogP contribution in [0.4, 0.5) is 0 Å². The van der Waals surface area contributed by atoms with Gasteiger partial charge in [-0.25, -0.2) is 0 Å². The molecule has 0 spiro atoms. The SMILES string of the molecule is Cc1cnn(C[C@H](C)N)c1. The van der Waals surface area contributed by atoms with E-state index in [2.05, 4.69) is 5.10 Å². The average Bonchev–Trinajstić information content (AvgIpc) is 2.13. The Labute approximate surface area is 60.8 Å². The molecule has 0 aliphatic heterocycles. The number of aromatic nitrogens is 2. The maximum absolute atomic E-state index is 5.57. The van der Waals surface area contributed by atoms with Crippen LogP contribution in [0.15, 0.2) is 12.4 Å². The first-order valence-electron chi connectivity index (χ1n) is 3.43. The fourth-order valence-corrected chi connectivity index (χ4v) is 0.862. The van der Waals surface area contributed by atoms with Gasteiger partial charge in [0.05, 0.1) is 12.7 Å². The summed E-state index contributed by atoms with van der Waals surface area (Å²) in [6.07, 6.45) is 3.83. The monoisotopic (exact) mass is 139 g/mol. The third kappa shape index (κ3) is 1.84. The molecule has 0 saturated heterocycles. The highest BCUT2D eigenvalue weighted by Crippen LogP contribution is 1.94. The maximum Gasteiger partial charge on any atom is 0.0557 e. The van der Waals surface area contributed by atoms with Gasteiger partial charge in [-0.15, -0.1) is 0 Å². The van der Waals surface area contributed by atoms with Crippen molar-refractivity contribution in [3.8, 4) is 0 Å². The topological polar surface area (TPSA) is 43.8 Å². The lowest BCUT2D eigenvalue weighted by atomic mass is 10.4. The summed E-state index contributed by atoms with van der Waals surface area (Å²) in [6.45, 7) is 4.79. The molecule has 3 heteroatoms. The van der Waals surface area contributed by atoms with E-state index >= 15 is 0 Å². The number of nitrogens with zero attached hydrogens (tertiary/aromatic N) is 2. The molecule has 0 radical (unpaired) electrons. The van der Waals surface area contributed by atoms with E-state index in [1.165, 1.54) is 5.56 Å². The lowest BCUT2D eigenvalue weighted by molar-refractivity contribution is 0.538. The molecule has 3 nitrogen and oxygen atoms in total. The van der Waals surface area contributed by atoms with Crippen molar-refractivity contribution in [2.45, 2.75) is 26.4 Å². The second kappa shape index (κ2) is 2.84. The van der Waals surface area contributed by atoms with E-state index in [1.54, 1.807) is 0 Å². The fourth-order valence-electron chi connectivity index (χ4n) is 0.862.